The van der Waals surface area contributed by atoms with Crippen molar-refractivity contribution >= 4 is 28.3 Å². The van der Waals surface area contributed by atoms with Crippen LogP contribution in [-0.4, -0.2) is 23.8 Å². The van der Waals surface area contributed by atoms with E-state index < -0.39 is 17.7 Å². The fourth-order valence-electron chi connectivity index (χ4n) is 4.35. The Bertz CT molecular complexity index is 1370. The number of hydrogen-bond donors (Lipinski definition) is 1. The largest absolute Gasteiger partial charge is 0.384 e. The summed E-state index contributed by atoms with van der Waals surface area (Å²) < 4.78 is 0. The summed E-state index contributed by atoms with van der Waals surface area (Å²) >= 11 is 0. The number of fused-ring (bicyclic) bond motifs is 1. The van der Waals surface area contributed by atoms with Gasteiger partial charge < -0.3 is 5.73 Å². The maximum absolute atomic E-state index is 13.2. The highest BCUT2D eigenvalue weighted by molar-refractivity contribution is 6.22. The third kappa shape index (κ3) is 2.64. The molecule has 150 valence electrons. The Hall–Kier alpha value is -4.37. The normalized spacial score (nSPS) is 18.6. The summed E-state index contributed by atoms with van der Waals surface area (Å²) in [6, 6.07) is 24.9. The van der Waals surface area contributed by atoms with E-state index in [-0.39, 0.29) is 22.7 Å². The van der Waals surface area contributed by atoms with Crippen LogP contribution in [0.5, 0.6) is 0 Å². The molecule has 0 fully saturated rings. The summed E-state index contributed by atoms with van der Waals surface area (Å²) in [6.07, 6.45) is 0. The number of rotatable bonds is 2. The number of nitriles is 1. The lowest BCUT2D eigenvalue weighted by Crippen LogP contribution is -2.37. The van der Waals surface area contributed by atoms with E-state index in [1.807, 2.05) is 60.7 Å². The minimum Gasteiger partial charge on any atom is -0.384 e. The number of likely N-dealkylation sites (N-methyl/N-ethyl adjacent to an activating group) is 1. The molecule has 6 nitrogen and oxygen atoms in total. The molecular formula is C25H18N4O2. The van der Waals surface area contributed by atoms with Crippen molar-refractivity contribution in [3.05, 3.63) is 101 Å². The van der Waals surface area contributed by atoms with Crippen LogP contribution in [0.25, 0.3) is 10.8 Å². The van der Waals surface area contributed by atoms with Crippen LogP contribution < -0.4 is 10.6 Å². The van der Waals surface area contributed by atoms with Crippen LogP contribution >= 0.6 is 0 Å². The Labute approximate surface area is 179 Å². The molecule has 3 aromatic rings. The predicted octanol–water partition coefficient (Wildman–Crippen LogP) is 3.39. The molecule has 2 aliphatic rings. The van der Waals surface area contributed by atoms with E-state index in [1.54, 1.807) is 12.1 Å². The lowest BCUT2D eigenvalue weighted by atomic mass is 9.81. The van der Waals surface area contributed by atoms with Crippen LogP contribution in [0.1, 0.15) is 11.5 Å². The molecule has 6 heteroatoms. The number of allylic oxidation sites excluding steroid dienone is 1. The van der Waals surface area contributed by atoms with Gasteiger partial charge in [0.15, 0.2) is 0 Å². The molecule has 0 saturated carbocycles. The van der Waals surface area contributed by atoms with Gasteiger partial charge in [0.2, 0.25) is 0 Å². The van der Waals surface area contributed by atoms with Crippen LogP contribution in [0.4, 0.5) is 5.69 Å². The molecule has 0 bridgehead atoms. The summed E-state index contributed by atoms with van der Waals surface area (Å²) in [6.45, 7) is 0. The van der Waals surface area contributed by atoms with Gasteiger partial charge in [-0.2, -0.15) is 5.26 Å². The monoisotopic (exact) mass is 406 g/mol. The first-order chi connectivity index (χ1) is 15.0. The van der Waals surface area contributed by atoms with Gasteiger partial charge in [-0.15, -0.1) is 0 Å². The Morgan fingerprint density at radius 2 is 1.58 bits per heavy atom. The quantitative estimate of drug-likeness (QED) is 0.659. The summed E-state index contributed by atoms with van der Waals surface area (Å²) in [7, 11) is 1.45. The maximum atomic E-state index is 13.2. The van der Waals surface area contributed by atoms with Crippen molar-refractivity contribution in [2.24, 2.45) is 5.73 Å². The molecule has 5 rings (SSSR count). The molecule has 2 amide bonds. The fraction of sp³-hybridized carbons (Fsp3) is 0.0800. The number of imide groups is 1. The number of carbonyl (C=O) groups excluding carboxylic acids is 2. The number of amides is 2. The molecule has 2 aliphatic heterocycles. The van der Waals surface area contributed by atoms with E-state index in [0.717, 1.165) is 21.2 Å². The molecule has 0 radical (unpaired) electrons. The zero-order valence-corrected chi connectivity index (χ0v) is 16.7. The molecule has 2 heterocycles. The molecule has 0 aliphatic carbocycles. The van der Waals surface area contributed by atoms with Crippen LogP contribution in [0, 0.1) is 11.3 Å². The third-order valence-electron chi connectivity index (χ3n) is 5.86. The van der Waals surface area contributed by atoms with Gasteiger partial charge in [-0.1, -0.05) is 60.7 Å². The van der Waals surface area contributed by atoms with Crippen molar-refractivity contribution in [2.75, 3.05) is 11.9 Å². The minimum absolute atomic E-state index is 0.155. The molecule has 0 spiro atoms. The summed E-state index contributed by atoms with van der Waals surface area (Å²) in [5.41, 5.74) is 8.57. The van der Waals surface area contributed by atoms with E-state index in [1.165, 1.54) is 11.9 Å². The van der Waals surface area contributed by atoms with Crippen molar-refractivity contribution in [1.29, 1.82) is 5.26 Å². The predicted molar refractivity (Wildman–Crippen MR) is 117 cm³/mol. The number of nitrogens with zero attached hydrogens (tertiary/aromatic N) is 3. The summed E-state index contributed by atoms with van der Waals surface area (Å²) in [5, 5.41) is 12.1. The molecule has 31 heavy (non-hydrogen) atoms. The highest BCUT2D eigenvalue weighted by atomic mass is 16.2. The van der Waals surface area contributed by atoms with Gasteiger partial charge in [0, 0.05) is 12.7 Å². The number of para-hydroxylation sites is 1. The SMILES string of the molecule is CN1C(=O)C2=C(C1=O)N(c1ccccc1)C(N)=C(C#N)C2c1ccc2ccccc2c1. The number of anilines is 1. The molecule has 2 N–H and O–H groups in total. The fourth-order valence-corrected chi connectivity index (χ4v) is 4.35. The van der Waals surface area contributed by atoms with E-state index in [0.29, 0.717) is 5.69 Å². The van der Waals surface area contributed by atoms with Gasteiger partial charge in [0.1, 0.15) is 11.5 Å². The van der Waals surface area contributed by atoms with Crippen LogP contribution in [0.3, 0.4) is 0 Å². The molecule has 3 aromatic carbocycles. The smallest absolute Gasteiger partial charge is 0.278 e. The van der Waals surface area contributed by atoms with Crippen molar-refractivity contribution in [1.82, 2.24) is 4.90 Å². The lowest BCUT2D eigenvalue weighted by molar-refractivity contribution is -0.136. The van der Waals surface area contributed by atoms with Crippen LogP contribution in [0.2, 0.25) is 0 Å². The summed E-state index contributed by atoms with van der Waals surface area (Å²) in [5.74, 6) is -1.41. The van der Waals surface area contributed by atoms with Crippen molar-refractivity contribution in [2.45, 2.75) is 5.92 Å². The van der Waals surface area contributed by atoms with Crippen molar-refractivity contribution in [3.8, 4) is 6.07 Å². The van der Waals surface area contributed by atoms with E-state index in [2.05, 4.69) is 6.07 Å². The maximum Gasteiger partial charge on any atom is 0.278 e. The zero-order chi connectivity index (χ0) is 21.7. The second kappa shape index (κ2) is 6.85. The Balaban J connectivity index is 1.79. The van der Waals surface area contributed by atoms with Crippen LogP contribution in [0.15, 0.2) is 95.5 Å². The second-order valence-corrected chi connectivity index (χ2v) is 7.55. The Kier molecular flexibility index (Phi) is 4.12. The number of carbonyl (C=O) groups is 2. The first-order valence-corrected chi connectivity index (χ1v) is 9.83. The molecule has 1 atom stereocenters. The third-order valence-corrected chi connectivity index (χ3v) is 5.86. The van der Waals surface area contributed by atoms with Gasteiger partial charge >= 0.3 is 0 Å². The average Bonchev–Trinajstić information content (AvgIpc) is 3.02. The lowest BCUT2D eigenvalue weighted by Gasteiger charge is -2.33. The topological polar surface area (TPSA) is 90.4 Å². The minimum atomic E-state index is -0.717. The molecule has 1 unspecified atom stereocenters. The van der Waals surface area contributed by atoms with Crippen molar-refractivity contribution < 1.29 is 9.59 Å². The standard InChI is InChI=1S/C25H18N4O2/c1-28-24(30)21-20(17-12-11-15-7-5-6-8-16(15)13-17)19(14-26)23(27)29(22(21)25(28)31)18-9-3-2-4-10-18/h2-13,20H,27H2,1H3. The van der Waals surface area contributed by atoms with Gasteiger partial charge in [0.05, 0.1) is 23.1 Å². The van der Waals surface area contributed by atoms with Gasteiger partial charge in [0.25, 0.3) is 11.8 Å². The zero-order valence-electron chi connectivity index (χ0n) is 16.7. The number of hydrogen-bond acceptors (Lipinski definition) is 5. The Morgan fingerprint density at radius 3 is 2.29 bits per heavy atom. The van der Waals surface area contributed by atoms with Crippen molar-refractivity contribution in [3.63, 3.8) is 0 Å². The molecule has 0 aromatic heterocycles. The van der Waals surface area contributed by atoms with Crippen LogP contribution in [-0.2, 0) is 9.59 Å². The highest BCUT2D eigenvalue weighted by Gasteiger charge is 2.48. The Morgan fingerprint density at radius 1 is 0.903 bits per heavy atom. The number of benzene rings is 3. The van der Waals surface area contributed by atoms with Gasteiger partial charge in [-0.05, 0) is 28.5 Å². The first kappa shape index (κ1) is 18.6. The average molecular weight is 406 g/mol. The highest BCUT2D eigenvalue weighted by Crippen LogP contribution is 2.46. The second-order valence-electron chi connectivity index (χ2n) is 7.55. The molecular weight excluding hydrogens is 388 g/mol. The van der Waals surface area contributed by atoms with E-state index in [9.17, 15) is 14.9 Å². The molecule has 0 saturated heterocycles. The van der Waals surface area contributed by atoms with Gasteiger partial charge in [-0.3, -0.25) is 19.4 Å². The van der Waals surface area contributed by atoms with E-state index >= 15 is 0 Å². The van der Waals surface area contributed by atoms with Gasteiger partial charge in [-0.25, -0.2) is 0 Å². The summed E-state index contributed by atoms with van der Waals surface area (Å²) in [4.78, 5) is 28.9. The first-order valence-electron chi connectivity index (χ1n) is 9.83. The number of nitrogens with two attached hydrogens (primary N) is 1. The van der Waals surface area contributed by atoms with E-state index in [4.69, 9.17) is 5.73 Å².